The van der Waals surface area contributed by atoms with E-state index in [0.29, 0.717) is 15.7 Å². The number of hydrogen-bond donors (Lipinski definition) is 2. The van der Waals surface area contributed by atoms with Crippen molar-refractivity contribution in [3.05, 3.63) is 34.2 Å². The number of aromatic nitrogens is 2. The highest BCUT2D eigenvalue weighted by atomic mass is 32.2. The van der Waals surface area contributed by atoms with Crippen LogP contribution in [-0.4, -0.2) is 28.7 Å². The maximum atomic E-state index is 12.4. The van der Waals surface area contributed by atoms with Gasteiger partial charge in [0, 0.05) is 10.9 Å². The molecule has 8 heteroatoms. The molecule has 2 heterocycles. The van der Waals surface area contributed by atoms with Gasteiger partial charge in [-0.15, -0.1) is 11.3 Å². The monoisotopic (exact) mass is 398 g/mol. The standard InChI is InChI=1S/C19H18N4O2S2/c1-25-11-6-7-14-15(8-11)22-19(21-14)26-10-17(24)23-18-13(9-20)12-4-2-3-5-16(12)27-18/h6-8H,2-5,10H2,1H3,(H,21,22)(H,23,24). The maximum absolute atomic E-state index is 12.4. The molecule has 0 aliphatic heterocycles. The van der Waals surface area contributed by atoms with Gasteiger partial charge < -0.3 is 15.0 Å². The zero-order chi connectivity index (χ0) is 18.8. The van der Waals surface area contributed by atoms with Gasteiger partial charge in [-0.05, 0) is 43.4 Å². The van der Waals surface area contributed by atoms with Crippen LogP contribution in [0.2, 0.25) is 0 Å². The van der Waals surface area contributed by atoms with Gasteiger partial charge in [-0.2, -0.15) is 5.26 Å². The van der Waals surface area contributed by atoms with Crippen LogP contribution in [0.5, 0.6) is 5.75 Å². The average Bonchev–Trinajstić information content (AvgIpc) is 3.25. The first kappa shape index (κ1) is 17.9. The lowest BCUT2D eigenvalue weighted by atomic mass is 9.96. The molecule has 0 spiro atoms. The number of aryl methyl sites for hydroxylation is 1. The third-order valence-corrected chi connectivity index (χ3v) is 6.62. The zero-order valence-electron chi connectivity index (χ0n) is 14.8. The normalized spacial score (nSPS) is 13.2. The van der Waals surface area contributed by atoms with Crippen LogP contribution in [0.3, 0.4) is 0 Å². The fraction of sp³-hybridized carbons (Fsp3) is 0.316. The molecule has 3 aromatic rings. The molecule has 0 atom stereocenters. The largest absolute Gasteiger partial charge is 0.497 e. The summed E-state index contributed by atoms with van der Waals surface area (Å²) in [5.41, 5.74) is 3.47. The van der Waals surface area contributed by atoms with Crippen molar-refractivity contribution in [2.75, 3.05) is 18.2 Å². The number of nitrogens with zero attached hydrogens (tertiary/aromatic N) is 2. The lowest BCUT2D eigenvalue weighted by Gasteiger charge is -2.09. The molecular weight excluding hydrogens is 380 g/mol. The highest BCUT2D eigenvalue weighted by molar-refractivity contribution is 7.99. The second kappa shape index (κ2) is 7.62. The van der Waals surface area contributed by atoms with E-state index in [1.54, 1.807) is 18.4 Å². The number of carbonyl (C=O) groups is 1. The molecule has 0 radical (unpaired) electrons. The Balaban J connectivity index is 1.43. The molecule has 2 aromatic heterocycles. The van der Waals surface area contributed by atoms with Gasteiger partial charge in [0.25, 0.3) is 0 Å². The van der Waals surface area contributed by atoms with Crippen molar-refractivity contribution in [2.45, 2.75) is 30.8 Å². The molecule has 27 heavy (non-hydrogen) atoms. The topological polar surface area (TPSA) is 90.8 Å². The Labute approximate surface area is 164 Å². The van der Waals surface area contributed by atoms with Gasteiger partial charge in [0.1, 0.15) is 16.8 Å². The number of fused-ring (bicyclic) bond motifs is 2. The molecule has 138 valence electrons. The Morgan fingerprint density at radius 2 is 2.30 bits per heavy atom. The van der Waals surface area contributed by atoms with E-state index in [4.69, 9.17) is 4.74 Å². The molecule has 4 rings (SSSR count). The SMILES string of the molecule is COc1ccc2nc(SCC(=O)Nc3sc4c(c3C#N)CCCC4)[nH]c2c1. The van der Waals surface area contributed by atoms with Crippen LogP contribution in [0.15, 0.2) is 23.4 Å². The lowest BCUT2D eigenvalue weighted by Crippen LogP contribution is -2.14. The summed E-state index contributed by atoms with van der Waals surface area (Å²) < 4.78 is 5.21. The number of thioether (sulfide) groups is 1. The summed E-state index contributed by atoms with van der Waals surface area (Å²) >= 11 is 2.88. The molecule has 6 nitrogen and oxygen atoms in total. The summed E-state index contributed by atoms with van der Waals surface area (Å²) in [6.07, 6.45) is 4.19. The van der Waals surface area contributed by atoms with Gasteiger partial charge >= 0.3 is 0 Å². The van der Waals surface area contributed by atoms with Crippen molar-refractivity contribution in [3.8, 4) is 11.8 Å². The highest BCUT2D eigenvalue weighted by Crippen LogP contribution is 2.37. The predicted molar refractivity (Wildman–Crippen MR) is 108 cm³/mol. The van der Waals surface area contributed by atoms with Crippen LogP contribution >= 0.6 is 23.1 Å². The number of thiophene rings is 1. The Morgan fingerprint density at radius 1 is 1.44 bits per heavy atom. The van der Waals surface area contributed by atoms with E-state index in [0.717, 1.165) is 48.0 Å². The number of nitriles is 1. The maximum Gasteiger partial charge on any atom is 0.235 e. The number of anilines is 1. The van der Waals surface area contributed by atoms with Gasteiger partial charge in [0.05, 0.1) is 29.5 Å². The van der Waals surface area contributed by atoms with Crippen molar-refractivity contribution in [1.82, 2.24) is 9.97 Å². The van der Waals surface area contributed by atoms with E-state index in [2.05, 4.69) is 21.4 Å². The van der Waals surface area contributed by atoms with Crippen LogP contribution in [0.1, 0.15) is 28.8 Å². The number of nitrogens with one attached hydrogen (secondary N) is 2. The Morgan fingerprint density at radius 3 is 3.11 bits per heavy atom. The van der Waals surface area contributed by atoms with Crippen LogP contribution in [0, 0.1) is 11.3 Å². The molecule has 1 aliphatic carbocycles. The number of imidazole rings is 1. The van der Waals surface area contributed by atoms with E-state index >= 15 is 0 Å². The minimum atomic E-state index is -0.131. The van der Waals surface area contributed by atoms with E-state index in [9.17, 15) is 10.1 Å². The molecule has 0 saturated carbocycles. The van der Waals surface area contributed by atoms with Gasteiger partial charge in [0.2, 0.25) is 5.91 Å². The number of carbonyl (C=O) groups excluding carboxylic acids is 1. The minimum absolute atomic E-state index is 0.131. The number of aromatic amines is 1. The van der Waals surface area contributed by atoms with Crippen LogP contribution in [-0.2, 0) is 17.6 Å². The Kier molecular flexibility index (Phi) is 5.05. The van der Waals surface area contributed by atoms with Crippen molar-refractivity contribution in [1.29, 1.82) is 5.26 Å². The number of H-pyrrole nitrogens is 1. The van der Waals surface area contributed by atoms with E-state index in [1.807, 2.05) is 18.2 Å². The molecule has 0 saturated heterocycles. The molecule has 1 aliphatic rings. The smallest absolute Gasteiger partial charge is 0.235 e. The second-order valence-electron chi connectivity index (χ2n) is 6.29. The van der Waals surface area contributed by atoms with Gasteiger partial charge in [0.15, 0.2) is 5.16 Å². The van der Waals surface area contributed by atoms with Crippen molar-refractivity contribution in [2.24, 2.45) is 0 Å². The van der Waals surface area contributed by atoms with Gasteiger partial charge in [-0.3, -0.25) is 4.79 Å². The quantitative estimate of drug-likeness (QED) is 0.631. The summed E-state index contributed by atoms with van der Waals surface area (Å²) in [4.78, 5) is 21.3. The zero-order valence-corrected chi connectivity index (χ0v) is 16.4. The molecule has 1 aromatic carbocycles. The highest BCUT2D eigenvalue weighted by Gasteiger charge is 2.21. The first-order chi connectivity index (χ1) is 13.2. The van der Waals surface area contributed by atoms with E-state index < -0.39 is 0 Å². The van der Waals surface area contributed by atoms with Crippen LogP contribution < -0.4 is 10.1 Å². The summed E-state index contributed by atoms with van der Waals surface area (Å²) in [5, 5.41) is 13.8. The first-order valence-electron chi connectivity index (χ1n) is 8.69. The van der Waals surface area contributed by atoms with Gasteiger partial charge in [-0.1, -0.05) is 11.8 Å². The molecule has 2 N–H and O–H groups in total. The lowest BCUT2D eigenvalue weighted by molar-refractivity contribution is -0.113. The number of ether oxygens (including phenoxy) is 1. The number of rotatable bonds is 5. The number of benzene rings is 1. The number of amides is 1. The average molecular weight is 399 g/mol. The van der Waals surface area contributed by atoms with Crippen molar-refractivity contribution in [3.63, 3.8) is 0 Å². The van der Waals surface area contributed by atoms with E-state index in [1.165, 1.54) is 16.6 Å². The first-order valence-corrected chi connectivity index (χ1v) is 10.5. The second-order valence-corrected chi connectivity index (χ2v) is 8.36. The van der Waals surface area contributed by atoms with Crippen molar-refractivity contribution >= 4 is 45.0 Å². The number of methoxy groups -OCH3 is 1. The summed E-state index contributed by atoms with van der Waals surface area (Å²) in [7, 11) is 1.62. The Bertz CT molecular complexity index is 1050. The molecule has 1 amide bonds. The minimum Gasteiger partial charge on any atom is -0.497 e. The molecule has 0 fully saturated rings. The molecule has 0 unspecified atom stereocenters. The van der Waals surface area contributed by atoms with Crippen LogP contribution in [0.25, 0.3) is 11.0 Å². The summed E-state index contributed by atoms with van der Waals surface area (Å²) in [6, 6.07) is 7.88. The van der Waals surface area contributed by atoms with Crippen molar-refractivity contribution < 1.29 is 9.53 Å². The van der Waals surface area contributed by atoms with Gasteiger partial charge in [-0.25, -0.2) is 4.98 Å². The molecule has 0 bridgehead atoms. The third kappa shape index (κ3) is 3.66. The van der Waals surface area contributed by atoms with Crippen LogP contribution in [0.4, 0.5) is 5.00 Å². The number of hydrogen-bond acceptors (Lipinski definition) is 6. The predicted octanol–water partition coefficient (Wildman–Crippen LogP) is 4.11. The molecular formula is C19H18N4O2S2. The Hall–Kier alpha value is -2.50. The summed E-state index contributed by atoms with van der Waals surface area (Å²) in [6.45, 7) is 0. The third-order valence-electron chi connectivity index (χ3n) is 4.54. The fourth-order valence-corrected chi connectivity index (χ4v) is 5.17. The van der Waals surface area contributed by atoms with E-state index in [-0.39, 0.29) is 11.7 Å². The summed E-state index contributed by atoms with van der Waals surface area (Å²) in [5.74, 6) is 0.851. The fourth-order valence-electron chi connectivity index (χ4n) is 3.23.